The lowest BCUT2D eigenvalue weighted by molar-refractivity contribution is -0.138. The average Bonchev–Trinajstić information content (AvgIpc) is 2.86. The maximum absolute atomic E-state index is 12.4. The standard InChI is InChI=1S/C26H22O7/c1-3-24(27)32-17-16-31-22-12-10-21(11-13-22)26(29)33-23-14-8-19(9-15-23)18-4-6-20(7-5-18)25(28)30-2/h3-15H,1,16-17H2,2H3. The van der Waals surface area contributed by atoms with Crippen LogP contribution in [0.5, 0.6) is 11.5 Å². The molecule has 3 aromatic carbocycles. The zero-order valence-electron chi connectivity index (χ0n) is 18.0. The molecule has 0 bridgehead atoms. The van der Waals surface area contributed by atoms with Gasteiger partial charge in [-0.3, -0.25) is 0 Å². The lowest BCUT2D eigenvalue weighted by Gasteiger charge is -2.08. The second-order valence-corrected chi connectivity index (χ2v) is 6.73. The van der Waals surface area contributed by atoms with E-state index >= 15 is 0 Å². The molecule has 0 atom stereocenters. The molecule has 0 amide bonds. The Hall–Kier alpha value is -4.39. The van der Waals surface area contributed by atoms with Crippen LogP contribution in [0.4, 0.5) is 0 Å². The highest BCUT2D eigenvalue weighted by Crippen LogP contribution is 2.24. The van der Waals surface area contributed by atoms with E-state index in [1.165, 1.54) is 7.11 Å². The van der Waals surface area contributed by atoms with Crippen molar-refractivity contribution < 1.29 is 33.3 Å². The lowest BCUT2D eigenvalue weighted by Crippen LogP contribution is -2.11. The van der Waals surface area contributed by atoms with Crippen molar-refractivity contribution in [2.75, 3.05) is 20.3 Å². The van der Waals surface area contributed by atoms with Crippen molar-refractivity contribution >= 4 is 17.9 Å². The first-order valence-electron chi connectivity index (χ1n) is 10.0. The quantitative estimate of drug-likeness (QED) is 0.207. The van der Waals surface area contributed by atoms with Crippen LogP contribution in [0.2, 0.25) is 0 Å². The number of benzene rings is 3. The van der Waals surface area contributed by atoms with Crippen LogP contribution in [0.1, 0.15) is 20.7 Å². The molecule has 168 valence electrons. The second kappa shape index (κ2) is 11.3. The third-order valence-electron chi connectivity index (χ3n) is 4.56. The molecule has 7 nitrogen and oxygen atoms in total. The van der Waals surface area contributed by atoms with Gasteiger partial charge in [0.05, 0.1) is 18.2 Å². The van der Waals surface area contributed by atoms with Crippen molar-refractivity contribution in [1.82, 2.24) is 0 Å². The number of rotatable bonds is 9. The fourth-order valence-corrected chi connectivity index (χ4v) is 2.85. The van der Waals surface area contributed by atoms with Gasteiger partial charge in [0.15, 0.2) is 0 Å². The van der Waals surface area contributed by atoms with E-state index in [0.717, 1.165) is 17.2 Å². The maximum Gasteiger partial charge on any atom is 0.343 e. The Bertz CT molecular complexity index is 1110. The largest absolute Gasteiger partial charge is 0.490 e. The summed E-state index contributed by atoms with van der Waals surface area (Å²) in [5.74, 6) is -0.474. The number of carbonyl (C=O) groups excluding carboxylic acids is 3. The second-order valence-electron chi connectivity index (χ2n) is 6.73. The molecule has 0 aliphatic heterocycles. The minimum Gasteiger partial charge on any atom is -0.490 e. The molecule has 33 heavy (non-hydrogen) atoms. The van der Waals surface area contributed by atoms with Gasteiger partial charge >= 0.3 is 17.9 Å². The number of hydrogen-bond donors (Lipinski definition) is 0. The third-order valence-corrected chi connectivity index (χ3v) is 4.56. The van der Waals surface area contributed by atoms with Crippen LogP contribution in [-0.2, 0) is 14.3 Å². The molecule has 0 spiro atoms. The summed E-state index contributed by atoms with van der Waals surface area (Å²) in [6.45, 7) is 3.59. The van der Waals surface area contributed by atoms with Crippen LogP contribution < -0.4 is 9.47 Å². The van der Waals surface area contributed by atoms with Gasteiger partial charge in [0.1, 0.15) is 24.7 Å². The number of ether oxygens (including phenoxy) is 4. The Morgan fingerprint density at radius 3 is 1.82 bits per heavy atom. The first-order valence-corrected chi connectivity index (χ1v) is 10.0. The van der Waals surface area contributed by atoms with Gasteiger partial charge in [-0.05, 0) is 59.7 Å². The van der Waals surface area contributed by atoms with Crippen LogP contribution in [0.3, 0.4) is 0 Å². The van der Waals surface area contributed by atoms with Crippen molar-refractivity contribution in [2.24, 2.45) is 0 Å². The van der Waals surface area contributed by atoms with Gasteiger partial charge in [-0.25, -0.2) is 14.4 Å². The van der Waals surface area contributed by atoms with Gasteiger partial charge < -0.3 is 18.9 Å². The Balaban J connectivity index is 1.54. The first-order chi connectivity index (χ1) is 16.0. The minimum atomic E-state index is -0.513. The smallest absolute Gasteiger partial charge is 0.343 e. The summed E-state index contributed by atoms with van der Waals surface area (Å²) >= 11 is 0. The van der Waals surface area contributed by atoms with E-state index in [-0.39, 0.29) is 13.2 Å². The Kier molecular flexibility index (Phi) is 7.96. The predicted molar refractivity (Wildman–Crippen MR) is 121 cm³/mol. The van der Waals surface area contributed by atoms with Gasteiger partial charge in [-0.15, -0.1) is 0 Å². The minimum absolute atomic E-state index is 0.0973. The van der Waals surface area contributed by atoms with E-state index in [0.29, 0.717) is 22.6 Å². The van der Waals surface area contributed by atoms with E-state index < -0.39 is 17.9 Å². The normalized spacial score (nSPS) is 10.1. The van der Waals surface area contributed by atoms with Gasteiger partial charge in [0.25, 0.3) is 0 Å². The summed E-state index contributed by atoms with van der Waals surface area (Å²) in [7, 11) is 1.34. The number of carbonyl (C=O) groups is 3. The van der Waals surface area contributed by atoms with Crippen molar-refractivity contribution in [1.29, 1.82) is 0 Å². The zero-order chi connectivity index (χ0) is 23.6. The summed E-state index contributed by atoms with van der Waals surface area (Å²) < 4.78 is 20.4. The van der Waals surface area contributed by atoms with Crippen molar-refractivity contribution in [3.63, 3.8) is 0 Å². The van der Waals surface area contributed by atoms with E-state index in [1.807, 2.05) is 24.3 Å². The average molecular weight is 446 g/mol. The molecule has 0 aliphatic carbocycles. The molecule has 3 aromatic rings. The SMILES string of the molecule is C=CC(=O)OCCOc1ccc(C(=O)Oc2ccc(-c3ccc(C(=O)OC)cc3)cc2)cc1. The fraction of sp³-hybridized carbons (Fsp3) is 0.115. The number of methoxy groups -OCH3 is 1. The van der Waals surface area contributed by atoms with E-state index in [2.05, 4.69) is 6.58 Å². The van der Waals surface area contributed by atoms with Crippen LogP contribution in [0.25, 0.3) is 11.1 Å². The fourth-order valence-electron chi connectivity index (χ4n) is 2.85. The van der Waals surface area contributed by atoms with E-state index in [9.17, 15) is 14.4 Å². The van der Waals surface area contributed by atoms with Gasteiger partial charge in [-0.2, -0.15) is 0 Å². The van der Waals surface area contributed by atoms with Crippen LogP contribution in [0, 0.1) is 0 Å². The molecule has 0 heterocycles. The molecule has 0 aliphatic rings. The monoisotopic (exact) mass is 446 g/mol. The molecule has 0 aromatic heterocycles. The topological polar surface area (TPSA) is 88.1 Å². The molecular formula is C26H22O7. The summed E-state index contributed by atoms with van der Waals surface area (Å²) in [6, 6.07) is 20.5. The summed E-state index contributed by atoms with van der Waals surface area (Å²) in [5.41, 5.74) is 2.66. The van der Waals surface area contributed by atoms with Crippen molar-refractivity contribution in [3.8, 4) is 22.6 Å². The summed E-state index contributed by atoms with van der Waals surface area (Å²) in [5, 5.41) is 0. The molecule has 7 heteroatoms. The molecule has 0 saturated carbocycles. The Morgan fingerprint density at radius 2 is 1.24 bits per heavy atom. The number of esters is 3. The Morgan fingerprint density at radius 1 is 0.727 bits per heavy atom. The maximum atomic E-state index is 12.4. The van der Waals surface area contributed by atoms with Crippen LogP contribution >= 0.6 is 0 Å². The van der Waals surface area contributed by atoms with Crippen LogP contribution in [0.15, 0.2) is 85.5 Å². The molecule has 0 saturated heterocycles. The van der Waals surface area contributed by atoms with Gasteiger partial charge in [0.2, 0.25) is 0 Å². The first kappa shape index (κ1) is 23.3. The molecule has 0 radical (unpaired) electrons. The number of hydrogen-bond acceptors (Lipinski definition) is 7. The lowest BCUT2D eigenvalue weighted by atomic mass is 10.0. The molecular weight excluding hydrogens is 424 g/mol. The van der Waals surface area contributed by atoms with Crippen molar-refractivity contribution in [3.05, 3.63) is 96.6 Å². The van der Waals surface area contributed by atoms with Crippen LogP contribution in [-0.4, -0.2) is 38.2 Å². The highest BCUT2D eigenvalue weighted by Gasteiger charge is 2.10. The highest BCUT2D eigenvalue weighted by atomic mass is 16.6. The van der Waals surface area contributed by atoms with E-state index in [1.54, 1.807) is 48.5 Å². The Labute approximate surface area is 191 Å². The third kappa shape index (κ3) is 6.54. The molecule has 3 rings (SSSR count). The van der Waals surface area contributed by atoms with Gasteiger partial charge in [0, 0.05) is 6.08 Å². The summed E-state index contributed by atoms with van der Waals surface area (Å²) in [4.78, 5) is 34.9. The van der Waals surface area contributed by atoms with Crippen molar-refractivity contribution in [2.45, 2.75) is 0 Å². The van der Waals surface area contributed by atoms with Gasteiger partial charge in [-0.1, -0.05) is 30.8 Å². The highest BCUT2D eigenvalue weighted by molar-refractivity contribution is 5.91. The molecule has 0 unspecified atom stereocenters. The molecule has 0 fully saturated rings. The molecule has 0 N–H and O–H groups in total. The van der Waals surface area contributed by atoms with E-state index in [4.69, 9.17) is 18.9 Å². The zero-order valence-corrected chi connectivity index (χ0v) is 18.0. The summed E-state index contributed by atoms with van der Waals surface area (Å²) in [6.07, 6.45) is 1.08. The predicted octanol–water partition coefficient (Wildman–Crippen LogP) is 4.47.